The van der Waals surface area contributed by atoms with Gasteiger partial charge in [-0.2, -0.15) is 5.26 Å². The van der Waals surface area contributed by atoms with E-state index in [9.17, 15) is 14.9 Å². The molecule has 11 nitrogen and oxygen atoms in total. The molecule has 230 valence electrons. The fraction of sp³-hybridized carbons (Fsp3) is 0.742. The van der Waals surface area contributed by atoms with E-state index >= 15 is 0 Å². The molecule has 4 aliphatic heterocycles. The Morgan fingerprint density at radius 1 is 1.00 bits per heavy atom. The molecule has 0 aromatic carbocycles. The van der Waals surface area contributed by atoms with Gasteiger partial charge in [-0.1, -0.05) is 6.07 Å². The van der Waals surface area contributed by atoms with Gasteiger partial charge in [-0.25, -0.2) is 4.98 Å². The molecule has 1 aromatic heterocycles. The molecule has 4 aliphatic rings. The number of amides is 2. The predicted octanol–water partition coefficient (Wildman–Crippen LogP) is 1.77. The summed E-state index contributed by atoms with van der Waals surface area (Å²) in [5, 5.41) is 10.2. The first-order valence-corrected chi connectivity index (χ1v) is 15.6. The molecular formula is C31H46N6O5. The number of hydrogen-bond acceptors (Lipinski definition) is 9. The van der Waals surface area contributed by atoms with Gasteiger partial charge in [0, 0.05) is 83.9 Å². The highest BCUT2D eigenvalue weighted by atomic mass is 16.5. The van der Waals surface area contributed by atoms with E-state index in [0.29, 0.717) is 76.9 Å². The van der Waals surface area contributed by atoms with Crippen LogP contribution in [-0.2, 0) is 25.6 Å². The van der Waals surface area contributed by atoms with Crippen LogP contribution in [0.4, 0.5) is 0 Å². The number of morpholine rings is 1. The number of likely N-dealkylation sites (tertiary alicyclic amines) is 2. The fourth-order valence-electron chi connectivity index (χ4n) is 6.75. The van der Waals surface area contributed by atoms with E-state index in [1.807, 2.05) is 21.9 Å². The molecule has 42 heavy (non-hydrogen) atoms. The lowest BCUT2D eigenvalue weighted by Gasteiger charge is -2.43. The predicted molar refractivity (Wildman–Crippen MR) is 155 cm³/mol. The summed E-state index contributed by atoms with van der Waals surface area (Å²) >= 11 is 0. The molecule has 0 saturated carbocycles. The average molecular weight is 583 g/mol. The van der Waals surface area contributed by atoms with Crippen LogP contribution in [0.15, 0.2) is 18.3 Å². The van der Waals surface area contributed by atoms with Crippen LogP contribution in [0.3, 0.4) is 0 Å². The topological polar surface area (TPSA) is 111 Å². The maximum atomic E-state index is 13.8. The van der Waals surface area contributed by atoms with Crippen molar-refractivity contribution in [3.63, 3.8) is 0 Å². The van der Waals surface area contributed by atoms with Gasteiger partial charge in [0.15, 0.2) is 0 Å². The Morgan fingerprint density at radius 3 is 2.31 bits per heavy atom. The third-order valence-electron chi connectivity index (χ3n) is 9.53. The molecule has 4 saturated heterocycles. The maximum absolute atomic E-state index is 13.8. The summed E-state index contributed by atoms with van der Waals surface area (Å²) in [6.07, 6.45) is 6.50. The number of hydrogen-bond donors (Lipinski definition) is 0. The molecule has 4 fully saturated rings. The minimum absolute atomic E-state index is 0.0176. The zero-order valence-corrected chi connectivity index (χ0v) is 25.0. The number of nitrogens with zero attached hydrogens (tertiary/aromatic N) is 6. The van der Waals surface area contributed by atoms with Crippen molar-refractivity contribution in [3.05, 3.63) is 23.9 Å². The Hall–Kier alpha value is -2.78. The molecule has 0 aliphatic carbocycles. The quantitative estimate of drug-likeness (QED) is 0.430. The minimum atomic E-state index is -0.945. The third kappa shape index (κ3) is 7.59. The van der Waals surface area contributed by atoms with Gasteiger partial charge in [0.1, 0.15) is 5.41 Å². The SMILES string of the molecule is COc1ccc(CN(C(=O)CN2CCOCC2)C2CCN(C(=O)C3(C#N)CCN(CC4CCOCC4)CC3)CC2)cn1. The number of carbonyl (C=O) groups excluding carboxylic acids is 2. The molecule has 0 N–H and O–H groups in total. The van der Waals surface area contributed by atoms with E-state index in [-0.39, 0.29) is 17.9 Å². The third-order valence-corrected chi connectivity index (χ3v) is 9.53. The second-order valence-corrected chi connectivity index (χ2v) is 12.2. The van der Waals surface area contributed by atoms with Crippen molar-refractivity contribution in [3.8, 4) is 11.9 Å². The highest BCUT2D eigenvalue weighted by molar-refractivity contribution is 5.86. The van der Waals surface area contributed by atoms with E-state index in [2.05, 4.69) is 20.9 Å². The first-order chi connectivity index (χ1) is 20.5. The Kier molecular flexibility index (Phi) is 10.7. The van der Waals surface area contributed by atoms with Crippen molar-refractivity contribution in [2.24, 2.45) is 11.3 Å². The summed E-state index contributed by atoms with van der Waals surface area (Å²) in [7, 11) is 1.59. The number of nitriles is 1. The summed E-state index contributed by atoms with van der Waals surface area (Å²) in [5.74, 6) is 1.24. The van der Waals surface area contributed by atoms with Gasteiger partial charge in [0.2, 0.25) is 17.7 Å². The molecule has 0 radical (unpaired) electrons. The second kappa shape index (κ2) is 14.6. The standard InChI is InChI=1S/C31H46N6O5/c1-40-28-3-2-26(20-33-28)22-37(29(38)23-35-14-18-42-19-15-35)27-4-10-36(11-5-27)30(39)31(24-32)8-12-34(13-9-31)21-25-6-16-41-17-7-25/h2-3,20,25,27H,4-19,21-23H2,1H3. The molecule has 0 unspecified atom stereocenters. The molecule has 2 amide bonds. The van der Waals surface area contributed by atoms with Gasteiger partial charge in [0.05, 0.1) is 32.9 Å². The summed E-state index contributed by atoms with van der Waals surface area (Å²) in [5.41, 5.74) is 0.000156. The Balaban J connectivity index is 1.18. The number of methoxy groups -OCH3 is 1. The Bertz CT molecular complexity index is 1070. The van der Waals surface area contributed by atoms with Crippen molar-refractivity contribution < 1.29 is 23.8 Å². The van der Waals surface area contributed by atoms with Gasteiger partial charge in [-0.15, -0.1) is 0 Å². The fourth-order valence-corrected chi connectivity index (χ4v) is 6.75. The van der Waals surface area contributed by atoms with Crippen molar-refractivity contribution in [1.82, 2.24) is 24.6 Å². The average Bonchev–Trinajstić information content (AvgIpc) is 3.05. The van der Waals surface area contributed by atoms with E-state index < -0.39 is 5.41 Å². The first kappa shape index (κ1) is 30.7. The molecular weight excluding hydrogens is 536 g/mol. The van der Waals surface area contributed by atoms with Crippen LogP contribution in [0.1, 0.15) is 44.1 Å². The van der Waals surface area contributed by atoms with E-state index in [0.717, 1.165) is 64.3 Å². The smallest absolute Gasteiger partial charge is 0.243 e. The maximum Gasteiger partial charge on any atom is 0.243 e. The van der Waals surface area contributed by atoms with Gasteiger partial charge < -0.3 is 28.9 Å². The largest absolute Gasteiger partial charge is 0.481 e. The number of ether oxygens (including phenoxy) is 3. The molecule has 11 heteroatoms. The van der Waals surface area contributed by atoms with Gasteiger partial charge >= 0.3 is 0 Å². The summed E-state index contributed by atoms with van der Waals surface area (Å²) in [4.78, 5) is 40.2. The molecule has 1 aromatic rings. The number of pyridine rings is 1. The Morgan fingerprint density at radius 2 is 1.69 bits per heavy atom. The molecule has 0 bridgehead atoms. The normalized spacial score (nSPS) is 22.8. The molecule has 0 spiro atoms. The lowest BCUT2D eigenvalue weighted by atomic mass is 9.77. The van der Waals surface area contributed by atoms with Crippen molar-refractivity contribution in [2.45, 2.75) is 51.1 Å². The van der Waals surface area contributed by atoms with Gasteiger partial charge in [0.25, 0.3) is 0 Å². The first-order valence-electron chi connectivity index (χ1n) is 15.6. The van der Waals surface area contributed by atoms with Crippen LogP contribution in [0, 0.1) is 22.7 Å². The van der Waals surface area contributed by atoms with Crippen LogP contribution >= 0.6 is 0 Å². The van der Waals surface area contributed by atoms with E-state index in [1.54, 1.807) is 13.3 Å². The van der Waals surface area contributed by atoms with Crippen molar-refractivity contribution >= 4 is 11.8 Å². The number of aromatic nitrogens is 1. The van der Waals surface area contributed by atoms with Crippen LogP contribution in [0.2, 0.25) is 0 Å². The van der Waals surface area contributed by atoms with E-state index in [4.69, 9.17) is 14.2 Å². The second-order valence-electron chi connectivity index (χ2n) is 12.2. The Labute approximate surface area is 249 Å². The van der Waals surface area contributed by atoms with Crippen molar-refractivity contribution in [2.75, 3.05) is 85.9 Å². The highest BCUT2D eigenvalue weighted by Crippen LogP contribution is 2.35. The lowest BCUT2D eigenvalue weighted by Crippen LogP contribution is -2.55. The van der Waals surface area contributed by atoms with Crippen molar-refractivity contribution in [1.29, 1.82) is 5.26 Å². The number of rotatable bonds is 9. The molecule has 5 rings (SSSR count). The molecule has 5 heterocycles. The van der Waals surface area contributed by atoms with Crippen LogP contribution in [0.25, 0.3) is 0 Å². The zero-order valence-electron chi connectivity index (χ0n) is 25.0. The van der Waals surface area contributed by atoms with Gasteiger partial charge in [-0.3, -0.25) is 14.5 Å². The zero-order chi connectivity index (χ0) is 29.4. The van der Waals surface area contributed by atoms with Crippen LogP contribution < -0.4 is 4.74 Å². The number of carbonyl (C=O) groups is 2. The van der Waals surface area contributed by atoms with Crippen LogP contribution in [0.5, 0.6) is 5.88 Å². The lowest BCUT2D eigenvalue weighted by molar-refractivity contribution is -0.144. The summed E-state index contributed by atoms with van der Waals surface area (Å²) < 4.78 is 16.2. The van der Waals surface area contributed by atoms with Crippen LogP contribution in [-0.4, -0.2) is 128 Å². The number of piperidine rings is 2. The molecule has 0 atom stereocenters. The minimum Gasteiger partial charge on any atom is -0.481 e. The summed E-state index contributed by atoms with van der Waals surface area (Å²) in [6.45, 7) is 8.99. The highest BCUT2D eigenvalue weighted by Gasteiger charge is 2.45. The monoisotopic (exact) mass is 582 g/mol. The van der Waals surface area contributed by atoms with Gasteiger partial charge in [-0.05, 0) is 50.0 Å². The van der Waals surface area contributed by atoms with E-state index in [1.165, 1.54) is 0 Å². The summed E-state index contributed by atoms with van der Waals surface area (Å²) in [6, 6.07) is 6.23.